The Kier molecular flexibility index (Phi) is 9.39. The summed E-state index contributed by atoms with van der Waals surface area (Å²) in [6.45, 7) is 1.50. The zero-order valence-corrected chi connectivity index (χ0v) is 20.1. The predicted octanol–water partition coefficient (Wildman–Crippen LogP) is 5.20. The van der Waals surface area contributed by atoms with E-state index >= 15 is 0 Å². The van der Waals surface area contributed by atoms with Crippen LogP contribution in [0.5, 0.6) is 11.5 Å². The number of nitrogens with one attached hydrogen (secondary N) is 1. The van der Waals surface area contributed by atoms with Crippen LogP contribution < -0.4 is 20.5 Å². The van der Waals surface area contributed by atoms with Crippen molar-refractivity contribution < 1.29 is 27.5 Å². The van der Waals surface area contributed by atoms with Gasteiger partial charge in [-0.15, -0.1) is 0 Å². The quantitative estimate of drug-likeness (QED) is 0.387. The minimum atomic E-state index is -2.99. The van der Waals surface area contributed by atoms with Gasteiger partial charge in [-0.3, -0.25) is 9.78 Å². The number of carbonyl (C=O) groups excluding carboxylic acids is 1. The number of nitrogens with zero attached hydrogens (tertiary/aromatic N) is 2. The van der Waals surface area contributed by atoms with E-state index in [1.54, 1.807) is 12.1 Å². The lowest BCUT2D eigenvalue weighted by atomic mass is 10.2. The van der Waals surface area contributed by atoms with Gasteiger partial charge in [0.1, 0.15) is 0 Å². The van der Waals surface area contributed by atoms with Gasteiger partial charge in [-0.1, -0.05) is 25.4 Å². The summed E-state index contributed by atoms with van der Waals surface area (Å²) in [4.78, 5) is 21.1. The molecule has 1 fully saturated rings. The molecule has 1 aliphatic carbocycles. The maximum Gasteiger partial charge on any atom is 0.387 e. The highest BCUT2D eigenvalue weighted by molar-refractivity contribution is 6.30. The van der Waals surface area contributed by atoms with Crippen LogP contribution in [-0.2, 0) is 13.1 Å². The molecule has 2 heterocycles. The van der Waals surface area contributed by atoms with Crippen molar-refractivity contribution >= 4 is 17.5 Å². The van der Waals surface area contributed by atoms with Gasteiger partial charge in [0.15, 0.2) is 23.0 Å². The third-order valence-corrected chi connectivity index (χ3v) is 5.12. The molecule has 1 aliphatic rings. The van der Waals surface area contributed by atoms with Crippen LogP contribution in [0.3, 0.4) is 0 Å². The Morgan fingerprint density at radius 1 is 1.26 bits per heavy atom. The summed E-state index contributed by atoms with van der Waals surface area (Å²) in [6, 6.07) is 7.69. The number of rotatable bonds is 10. The number of pyridine rings is 1. The standard InChI is InChI=1S/C22H21ClF2N4O4.C2H6/c23-14-4-5-15(27-9-14)10-28-20(30)19-18(8-26)32-21(29-19)13-3-6-16(33-22(24)25)17(7-13)31-11-12-1-2-12;1-2/h3-7,9,12,22H,1-2,8,10-11,26H2,(H,28,30);1-2H3. The minimum Gasteiger partial charge on any atom is -0.489 e. The van der Waals surface area contributed by atoms with Crippen molar-refractivity contribution in [2.24, 2.45) is 11.7 Å². The number of hydrogen-bond acceptors (Lipinski definition) is 7. The van der Waals surface area contributed by atoms with Gasteiger partial charge in [0.05, 0.1) is 30.4 Å². The molecule has 35 heavy (non-hydrogen) atoms. The number of ether oxygens (including phenoxy) is 2. The molecule has 11 heteroatoms. The van der Waals surface area contributed by atoms with Crippen LogP contribution >= 0.6 is 11.6 Å². The Hall–Kier alpha value is -3.24. The van der Waals surface area contributed by atoms with Crippen LogP contribution in [0.1, 0.15) is 48.6 Å². The summed E-state index contributed by atoms with van der Waals surface area (Å²) < 4.78 is 41.4. The predicted molar refractivity (Wildman–Crippen MR) is 126 cm³/mol. The van der Waals surface area contributed by atoms with Gasteiger partial charge in [-0.2, -0.15) is 8.78 Å². The molecular weight excluding hydrogens is 482 g/mol. The van der Waals surface area contributed by atoms with Crippen LogP contribution in [0.4, 0.5) is 8.78 Å². The summed E-state index contributed by atoms with van der Waals surface area (Å²) in [5.41, 5.74) is 6.79. The SMILES string of the molecule is CC.NCc1oc(-c2ccc(OC(F)F)c(OCC3CC3)c2)nc1C(=O)NCc1ccc(Cl)cn1. The van der Waals surface area contributed by atoms with Crippen molar-refractivity contribution in [1.29, 1.82) is 0 Å². The maximum absolute atomic E-state index is 12.8. The van der Waals surface area contributed by atoms with Crippen molar-refractivity contribution in [3.05, 3.63) is 58.7 Å². The third-order valence-electron chi connectivity index (χ3n) is 4.89. The Morgan fingerprint density at radius 3 is 2.66 bits per heavy atom. The zero-order chi connectivity index (χ0) is 25.4. The molecular formula is C24H27ClF2N4O4. The van der Waals surface area contributed by atoms with E-state index in [0.717, 1.165) is 12.8 Å². The number of benzene rings is 1. The first-order valence-corrected chi connectivity index (χ1v) is 11.6. The van der Waals surface area contributed by atoms with Crippen LogP contribution in [0, 0.1) is 5.92 Å². The van der Waals surface area contributed by atoms with Crippen LogP contribution in [0.25, 0.3) is 11.5 Å². The van der Waals surface area contributed by atoms with E-state index in [-0.39, 0.29) is 41.9 Å². The van der Waals surface area contributed by atoms with E-state index in [9.17, 15) is 13.6 Å². The van der Waals surface area contributed by atoms with Gasteiger partial charge in [-0.05, 0) is 49.1 Å². The molecule has 0 aliphatic heterocycles. The molecule has 8 nitrogen and oxygen atoms in total. The molecule has 2 aromatic heterocycles. The molecule has 0 spiro atoms. The van der Waals surface area contributed by atoms with Gasteiger partial charge in [0, 0.05) is 11.8 Å². The number of hydrogen-bond donors (Lipinski definition) is 2. The van der Waals surface area contributed by atoms with Gasteiger partial charge in [-0.25, -0.2) is 4.98 Å². The molecule has 4 rings (SSSR count). The van der Waals surface area contributed by atoms with Crippen molar-refractivity contribution in [3.8, 4) is 23.0 Å². The molecule has 188 valence electrons. The highest BCUT2D eigenvalue weighted by Gasteiger charge is 2.24. The lowest BCUT2D eigenvalue weighted by Crippen LogP contribution is -2.25. The third kappa shape index (κ3) is 7.37. The van der Waals surface area contributed by atoms with Gasteiger partial charge >= 0.3 is 6.61 Å². The minimum absolute atomic E-state index is 0.0230. The second-order valence-electron chi connectivity index (χ2n) is 7.44. The first-order valence-electron chi connectivity index (χ1n) is 11.2. The van der Waals surface area contributed by atoms with Gasteiger partial charge in [0.2, 0.25) is 5.89 Å². The van der Waals surface area contributed by atoms with Crippen molar-refractivity contribution in [2.45, 2.75) is 46.4 Å². The normalized spacial score (nSPS) is 12.7. The first-order chi connectivity index (χ1) is 16.9. The Labute approximate surface area is 206 Å². The second-order valence-corrected chi connectivity index (χ2v) is 7.88. The van der Waals surface area contributed by atoms with Crippen molar-refractivity contribution in [1.82, 2.24) is 15.3 Å². The number of halogens is 3. The van der Waals surface area contributed by atoms with E-state index in [1.165, 1.54) is 24.4 Å². The van der Waals surface area contributed by atoms with Gasteiger partial charge < -0.3 is 24.9 Å². The number of aromatic nitrogens is 2. The second kappa shape index (κ2) is 12.5. The lowest BCUT2D eigenvalue weighted by molar-refractivity contribution is -0.0515. The number of carbonyl (C=O) groups is 1. The average molecular weight is 509 g/mol. The lowest BCUT2D eigenvalue weighted by Gasteiger charge is -2.12. The highest BCUT2D eigenvalue weighted by Crippen LogP contribution is 2.36. The molecule has 3 N–H and O–H groups in total. The Morgan fingerprint density at radius 2 is 2.03 bits per heavy atom. The summed E-state index contributed by atoms with van der Waals surface area (Å²) in [7, 11) is 0. The van der Waals surface area contributed by atoms with E-state index in [1.807, 2.05) is 13.8 Å². The highest BCUT2D eigenvalue weighted by atomic mass is 35.5. The summed E-state index contributed by atoms with van der Waals surface area (Å²) >= 11 is 5.81. The van der Waals surface area contributed by atoms with Crippen molar-refractivity contribution in [3.63, 3.8) is 0 Å². The topological polar surface area (TPSA) is 113 Å². The smallest absolute Gasteiger partial charge is 0.387 e. The Balaban J connectivity index is 0.00000167. The fourth-order valence-corrected chi connectivity index (χ4v) is 3.11. The zero-order valence-electron chi connectivity index (χ0n) is 19.4. The van der Waals surface area contributed by atoms with Crippen molar-refractivity contribution in [2.75, 3.05) is 6.61 Å². The molecule has 1 saturated carbocycles. The molecule has 1 aromatic carbocycles. The number of alkyl halides is 2. The van der Waals surface area contributed by atoms with E-state index in [0.29, 0.717) is 28.8 Å². The van der Waals surface area contributed by atoms with Gasteiger partial charge in [0.25, 0.3) is 5.91 Å². The van der Waals surface area contributed by atoms with E-state index < -0.39 is 12.5 Å². The summed E-state index contributed by atoms with van der Waals surface area (Å²) in [5, 5.41) is 3.19. The molecule has 0 unspecified atom stereocenters. The fraction of sp³-hybridized carbons (Fsp3) is 0.375. The molecule has 1 amide bonds. The van der Waals surface area contributed by atoms with E-state index in [4.69, 9.17) is 26.5 Å². The molecule has 0 saturated heterocycles. The largest absolute Gasteiger partial charge is 0.489 e. The molecule has 0 atom stereocenters. The monoisotopic (exact) mass is 508 g/mol. The maximum atomic E-state index is 12.8. The summed E-state index contributed by atoms with van der Waals surface area (Å²) in [6.07, 6.45) is 3.55. The Bertz CT molecular complexity index is 1120. The number of amides is 1. The molecule has 0 bridgehead atoms. The number of oxazole rings is 1. The molecule has 0 radical (unpaired) electrons. The first kappa shape index (κ1) is 26.4. The average Bonchev–Trinajstić information content (AvgIpc) is 3.59. The number of nitrogens with two attached hydrogens (primary N) is 1. The van der Waals surface area contributed by atoms with Crippen LogP contribution in [-0.4, -0.2) is 29.1 Å². The van der Waals surface area contributed by atoms with Crippen LogP contribution in [0.2, 0.25) is 5.02 Å². The van der Waals surface area contributed by atoms with Crippen LogP contribution in [0.15, 0.2) is 40.9 Å². The fourth-order valence-electron chi connectivity index (χ4n) is 3.00. The van der Waals surface area contributed by atoms with E-state index in [2.05, 4.69) is 20.0 Å². The summed E-state index contributed by atoms with van der Waals surface area (Å²) in [5.74, 6) is 0.250. The molecule has 3 aromatic rings.